The molecule has 30 heavy (non-hydrogen) atoms. The summed E-state index contributed by atoms with van der Waals surface area (Å²) in [5.41, 5.74) is 4.63. The van der Waals surface area contributed by atoms with Gasteiger partial charge in [0, 0.05) is 63.1 Å². The Hall–Kier alpha value is -3.05. The van der Waals surface area contributed by atoms with E-state index in [4.69, 9.17) is 0 Å². The van der Waals surface area contributed by atoms with Gasteiger partial charge in [-0.2, -0.15) is 0 Å². The van der Waals surface area contributed by atoms with Crippen LogP contribution in [0.5, 0.6) is 0 Å². The van der Waals surface area contributed by atoms with Gasteiger partial charge in [-0.15, -0.1) is 0 Å². The molecule has 1 saturated heterocycles. The molecule has 0 radical (unpaired) electrons. The van der Waals surface area contributed by atoms with Crippen molar-refractivity contribution in [2.75, 3.05) is 26.2 Å². The fourth-order valence-electron chi connectivity index (χ4n) is 4.24. The van der Waals surface area contributed by atoms with Gasteiger partial charge < -0.3 is 4.90 Å². The first-order valence-corrected chi connectivity index (χ1v) is 10.6. The molecule has 0 spiro atoms. The summed E-state index contributed by atoms with van der Waals surface area (Å²) in [6.07, 6.45) is 8.12. The van der Waals surface area contributed by atoms with E-state index in [1.54, 1.807) is 12.4 Å². The van der Waals surface area contributed by atoms with Gasteiger partial charge in [0.15, 0.2) is 0 Å². The van der Waals surface area contributed by atoms with E-state index in [2.05, 4.69) is 52.1 Å². The van der Waals surface area contributed by atoms with E-state index in [9.17, 15) is 4.79 Å². The van der Waals surface area contributed by atoms with Crippen LogP contribution in [0.15, 0.2) is 73.3 Å². The third kappa shape index (κ3) is 4.74. The molecule has 154 valence electrons. The molecule has 1 unspecified atom stereocenters. The van der Waals surface area contributed by atoms with Gasteiger partial charge in [-0.25, -0.2) is 0 Å². The van der Waals surface area contributed by atoms with E-state index in [0.717, 1.165) is 50.3 Å². The number of hydrogen-bond donors (Lipinski definition) is 0. The number of rotatable bonds is 6. The number of amides is 1. The number of aromatic nitrogens is 2. The summed E-state index contributed by atoms with van der Waals surface area (Å²) in [4.78, 5) is 26.2. The molecule has 1 fully saturated rings. The number of likely N-dealkylation sites (N-methyl/N-ethyl adjacent to an activating group) is 1. The van der Waals surface area contributed by atoms with Crippen LogP contribution in [0.25, 0.3) is 11.1 Å². The molecule has 1 aliphatic rings. The summed E-state index contributed by atoms with van der Waals surface area (Å²) in [6, 6.07) is 16.5. The van der Waals surface area contributed by atoms with E-state index in [-0.39, 0.29) is 11.8 Å². The van der Waals surface area contributed by atoms with Crippen molar-refractivity contribution in [3.63, 3.8) is 0 Å². The highest BCUT2D eigenvalue weighted by molar-refractivity contribution is 5.80. The quantitative estimate of drug-likeness (QED) is 0.634. The van der Waals surface area contributed by atoms with Crippen molar-refractivity contribution >= 4 is 5.91 Å². The minimum absolute atomic E-state index is 0.0676. The summed E-state index contributed by atoms with van der Waals surface area (Å²) in [6.45, 7) is 6.05. The second-order valence-electron chi connectivity index (χ2n) is 7.81. The zero-order valence-corrected chi connectivity index (χ0v) is 17.4. The monoisotopic (exact) mass is 400 g/mol. The number of nitrogens with zero attached hydrogens (tertiary/aromatic N) is 4. The van der Waals surface area contributed by atoms with E-state index in [0.29, 0.717) is 0 Å². The molecule has 1 atom stereocenters. The maximum atomic E-state index is 13.3. The van der Waals surface area contributed by atoms with Crippen LogP contribution in [0.4, 0.5) is 0 Å². The Bertz CT molecular complexity index is 961. The first-order chi connectivity index (χ1) is 14.7. The van der Waals surface area contributed by atoms with Crippen molar-refractivity contribution < 1.29 is 4.79 Å². The van der Waals surface area contributed by atoms with Gasteiger partial charge in [0.25, 0.3) is 0 Å². The van der Waals surface area contributed by atoms with Gasteiger partial charge in [0.2, 0.25) is 5.91 Å². The van der Waals surface area contributed by atoms with E-state index in [1.807, 2.05) is 35.5 Å². The largest absolute Gasteiger partial charge is 0.341 e. The number of hydrogen-bond acceptors (Lipinski definition) is 4. The van der Waals surface area contributed by atoms with Crippen molar-refractivity contribution in [2.24, 2.45) is 5.92 Å². The van der Waals surface area contributed by atoms with Crippen molar-refractivity contribution in [1.82, 2.24) is 19.8 Å². The van der Waals surface area contributed by atoms with Crippen molar-refractivity contribution in [3.8, 4) is 11.1 Å². The number of carbonyl (C=O) groups is 1. The van der Waals surface area contributed by atoms with Gasteiger partial charge in [-0.1, -0.05) is 36.4 Å². The minimum Gasteiger partial charge on any atom is -0.341 e. The average Bonchev–Trinajstić information content (AvgIpc) is 2.94. The third-order valence-corrected chi connectivity index (χ3v) is 5.79. The number of benzene rings is 1. The zero-order chi connectivity index (χ0) is 20.8. The first kappa shape index (κ1) is 20.2. The average molecular weight is 401 g/mol. The van der Waals surface area contributed by atoms with Crippen LogP contribution in [0.2, 0.25) is 0 Å². The Kier molecular flexibility index (Phi) is 6.50. The van der Waals surface area contributed by atoms with Crippen molar-refractivity contribution in [1.29, 1.82) is 0 Å². The second-order valence-corrected chi connectivity index (χ2v) is 7.81. The summed E-state index contributed by atoms with van der Waals surface area (Å²) in [7, 11) is 0. The third-order valence-electron chi connectivity index (χ3n) is 5.79. The molecule has 4 rings (SSSR count). The minimum atomic E-state index is -0.0676. The number of carbonyl (C=O) groups excluding carboxylic acids is 1. The Labute approximate surface area is 178 Å². The maximum Gasteiger partial charge on any atom is 0.227 e. The number of pyridine rings is 2. The summed E-state index contributed by atoms with van der Waals surface area (Å²) in [5, 5.41) is 0. The predicted molar refractivity (Wildman–Crippen MR) is 119 cm³/mol. The van der Waals surface area contributed by atoms with Gasteiger partial charge in [-0.05, 0) is 42.2 Å². The Balaban J connectivity index is 1.59. The first-order valence-electron chi connectivity index (χ1n) is 10.6. The maximum absolute atomic E-state index is 13.3. The molecular formula is C25H28N4O. The van der Waals surface area contributed by atoms with Crippen LogP contribution in [-0.2, 0) is 17.8 Å². The predicted octanol–water partition coefficient (Wildman–Crippen LogP) is 3.67. The van der Waals surface area contributed by atoms with Crippen LogP contribution < -0.4 is 0 Å². The molecule has 5 heteroatoms. The van der Waals surface area contributed by atoms with E-state index < -0.39 is 0 Å². The zero-order valence-electron chi connectivity index (χ0n) is 17.4. The van der Waals surface area contributed by atoms with Gasteiger partial charge in [0.1, 0.15) is 0 Å². The SMILES string of the molecule is CCN1CCN(Cc2cccnc2)CC(Cc2ccccc2-c2cccnc2)C1=O. The molecule has 1 amide bonds. The highest BCUT2D eigenvalue weighted by Gasteiger charge is 2.30. The van der Waals surface area contributed by atoms with Crippen LogP contribution in [0, 0.1) is 5.92 Å². The summed E-state index contributed by atoms with van der Waals surface area (Å²) < 4.78 is 0. The standard InChI is InChI=1S/C25H28N4O/c1-2-29-14-13-28(18-20-7-5-11-26-16-20)19-23(25(29)30)15-21-8-3-4-10-24(21)22-9-6-12-27-17-22/h3-12,16-17,23H,2,13-15,18-19H2,1H3. The van der Waals surface area contributed by atoms with Gasteiger partial charge in [-0.3, -0.25) is 19.7 Å². The molecule has 0 bridgehead atoms. The molecule has 3 aromatic rings. The lowest BCUT2D eigenvalue weighted by Crippen LogP contribution is -2.37. The van der Waals surface area contributed by atoms with E-state index >= 15 is 0 Å². The topological polar surface area (TPSA) is 49.3 Å². The van der Waals surface area contributed by atoms with Crippen LogP contribution in [0.1, 0.15) is 18.1 Å². The van der Waals surface area contributed by atoms with Gasteiger partial charge >= 0.3 is 0 Å². The molecule has 2 aromatic heterocycles. The highest BCUT2D eigenvalue weighted by atomic mass is 16.2. The normalized spacial score (nSPS) is 17.7. The molecule has 3 heterocycles. The molecule has 0 N–H and O–H groups in total. The Morgan fingerprint density at radius 1 is 0.967 bits per heavy atom. The Morgan fingerprint density at radius 3 is 2.50 bits per heavy atom. The second kappa shape index (κ2) is 9.63. The lowest BCUT2D eigenvalue weighted by atomic mass is 9.91. The smallest absolute Gasteiger partial charge is 0.227 e. The summed E-state index contributed by atoms with van der Waals surface area (Å²) >= 11 is 0. The molecular weight excluding hydrogens is 372 g/mol. The van der Waals surface area contributed by atoms with Crippen molar-refractivity contribution in [2.45, 2.75) is 19.9 Å². The lowest BCUT2D eigenvalue weighted by molar-refractivity contribution is -0.134. The molecule has 1 aliphatic heterocycles. The van der Waals surface area contributed by atoms with Crippen LogP contribution in [-0.4, -0.2) is 51.9 Å². The molecule has 5 nitrogen and oxygen atoms in total. The van der Waals surface area contributed by atoms with Crippen LogP contribution in [0.3, 0.4) is 0 Å². The fraction of sp³-hybridized carbons (Fsp3) is 0.320. The highest BCUT2D eigenvalue weighted by Crippen LogP contribution is 2.27. The summed E-state index contributed by atoms with van der Waals surface area (Å²) in [5.74, 6) is 0.189. The van der Waals surface area contributed by atoms with Crippen molar-refractivity contribution in [3.05, 3.63) is 84.4 Å². The lowest BCUT2D eigenvalue weighted by Gasteiger charge is -2.24. The molecule has 0 aliphatic carbocycles. The van der Waals surface area contributed by atoms with E-state index in [1.165, 1.54) is 11.1 Å². The molecule has 0 saturated carbocycles. The Morgan fingerprint density at radius 2 is 1.77 bits per heavy atom. The van der Waals surface area contributed by atoms with Crippen LogP contribution >= 0.6 is 0 Å². The molecule has 1 aromatic carbocycles. The van der Waals surface area contributed by atoms with Gasteiger partial charge in [0.05, 0.1) is 5.92 Å². The fourth-order valence-corrected chi connectivity index (χ4v) is 4.24.